The average Bonchev–Trinajstić information content (AvgIpc) is 2.82. The van der Waals surface area contributed by atoms with Crippen molar-refractivity contribution in [2.45, 2.75) is 6.92 Å². The minimum absolute atomic E-state index is 0.199. The van der Waals surface area contributed by atoms with Gasteiger partial charge < -0.3 is 19.3 Å². The lowest BCUT2D eigenvalue weighted by Gasteiger charge is -2.26. The SMILES string of the molecule is Cc1ncncc1C(=O)N1CCOc2ccccc2Oc2ncccc2C(=O)N(C)CC1. The normalized spacial score (nSPS) is 14.6. The van der Waals surface area contributed by atoms with Crippen LogP contribution in [0, 0.1) is 6.92 Å². The maximum atomic E-state index is 13.2. The fourth-order valence-corrected chi connectivity index (χ4v) is 3.32. The number of hydrogen-bond acceptors (Lipinski definition) is 7. The predicted octanol–water partition coefficient (Wildman–Crippen LogP) is 2.58. The molecule has 32 heavy (non-hydrogen) atoms. The second-order valence-electron chi connectivity index (χ2n) is 7.29. The van der Waals surface area contributed by atoms with Gasteiger partial charge in [0.25, 0.3) is 11.8 Å². The van der Waals surface area contributed by atoms with E-state index in [4.69, 9.17) is 9.47 Å². The average molecular weight is 433 g/mol. The summed E-state index contributed by atoms with van der Waals surface area (Å²) in [4.78, 5) is 41.8. The van der Waals surface area contributed by atoms with Crippen LogP contribution in [-0.2, 0) is 0 Å². The van der Waals surface area contributed by atoms with Crippen molar-refractivity contribution < 1.29 is 19.1 Å². The van der Waals surface area contributed by atoms with Crippen LogP contribution in [0.4, 0.5) is 0 Å². The van der Waals surface area contributed by atoms with Crippen LogP contribution in [0.3, 0.4) is 0 Å². The zero-order valence-electron chi connectivity index (χ0n) is 17.9. The quantitative estimate of drug-likeness (QED) is 0.582. The number of likely N-dealkylation sites (N-methyl/N-ethyl adjacent to an activating group) is 1. The molecule has 9 heteroatoms. The van der Waals surface area contributed by atoms with Crippen molar-refractivity contribution in [1.29, 1.82) is 0 Å². The topological polar surface area (TPSA) is 97.8 Å². The first-order chi connectivity index (χ1) is 15.5. The zero-order valence-corrected chi connectivity index (χ0v) is 17.9. The molecule has 1 aromatic carbocycles. The smallest absolute Gasteiger partial charge is 0.259 e. The number of fused-ring (bicyclic) bond motifs is 2. The monoisotopic (exact) mass is 433 g/mol. The molecule has 9 nitrogen and oxygen atoms in total. The van der Waals surface area contributed by atoms with E-state index in [0.29, 0.717) is 48.0 Å². The van der Waals surface area contributed by atoms with Crippen LogP contribution >= 0.6 is 0 Å². The molecule has 0 saturated heterocycles. The molecule has 3 heterocycles. The van der Waals surface area contributed by atoms with E-state index < -0.39 is 0 Å². The lowest BCUT2D eigenvalue weighted by atomic mass is 10.2. The fraction of sp³-hybridized carbons (Fsp3) is 0.261. The lowest BCUT2D eigenvalue weighted by Crippen LogP contribution is -2.41. The summed E-state index contributed by atoms with van der Waals surface area (Å²) in [6, 6.07) is 10.5. The van der Waals surface area contributed by atoms with Gasteiger partial charge in [-0.15, -0.1) is 0 Å². The van der Waals surface area contributed by atoms with Gasteiger partial charge in [-0.3, -0.25) is 9.59 Å². The number of ether oxygens (including phenoxy) is 2. The Balaban J connectivity index is 1.67. The van der Waals surface area contributed by atoms with E-state index in [1.54, 1.807) is 54.2 Å². The Morgan fingerprint density at radius 1 is 1.03 bits per heavy atom. The number of carbonyl (C=O) groups excluding carboxylic acids is 2. The molecule has 164 valence electrons. The standard InChI is InChI=1S/C23H23N5O4/c1-16-18(14-24-15-26-16)23(30)28-11-10-27(2)22(29)17-6-5-9-25-21(17)32-20-8-4-3-7-19(20)31-13-12-28/h3-9,14-15H,10-13H2,1-2H3. The first-order valence-electron chi connectivity index (χ1n) is 10.2. The van der Waals surface area contributed by atoms with Crippen LogP contribution in [0.2, 0.25) is 0 Å². The van der Waals surface area contributed by atoms with E-state index in [-0.39, 0.29) is 24.3 Å². The first kappa shape index (κ1) is 21.2. The van der Waals surface area contributed by atoms with Crippen LogP contribution in [-0.4, -0.2) is 69.9 Å². The maximum absolute atomic E-state index is 13.2. The van der Waals surface area contributed by atoms with Gasteiger partial charge in [-0.2, -0.15) is 0 Å². The molecule has 0 saturated carbocycles. The molecule has 0 N–H and O–H groups in total. The third kappa shape index (κ3) is 4.51. The number of pyridine rings is 1. The van der Waals surface area contributed by atoms with Gasteiger partial charge in [-0.25, -0.2) is 15.0 Å². The number of aromatic nitrogens is 3. The number of nitrogens with zero attached hydrogens (tertiary/aromatic N) is 5. The van der Waals surface area contributed by atoms with E-state index in [1.807, 2.05) is 12.1 Å². The van der Waals surface area contributed by atoms with E-state index in [2.05, 4.69) is 15.0 Å². The molecule has 0 bridgehead atoms. The van der Waals surface area contributed by atoms with Crippen LogP contribution in [0.5, 0.6) is 17.4 Å². The Kier molecular flexibility index (Phi) is 6.25. The van der Waals surface area contributed by atoms with Gasteiger partial charge in [0.15, 0.2) is 11.5 Å². The molecule has 0 atom stereocenters. The van der Waals surface area contributed by atoms with E-state index >= 15 is 0 Å². The summed E-state index contributed by atoms with van der Waals surface area (Å²) in [6.07, 6.45) is 4.48. The minimum Gasteiger partial charge on any atom is -0.488 e. The highest BCUT2D eigenvalue weighted by Crippen LogP contribution is 2.32. The summed E-state index contributed by atoms with van der Waals surface area (Å²) in [7, 11) is 1.68. The molecule has 0 unspecified atom stereocenters. The Hall–Kier alpha value is -4.01. The fourth-order valence-electron chi connectivity index (χ4n) is 3.32. The number of aryl methyl sites for hydroxylation is 1. The van der Waals surface area contributed by atoms with Crippen molar-refractivity contribution in [3.05, 3.63) is 71.9 Å². The van der Waals surface area contributed by atoms with Gasteiger partial charge in [-0.05, 0) is 31.2 Å². The molecular formula is C23H23N5O4. The molecule has 0 fully saturated rings. The number of benzene rings is 1. The second-order valence-corrected chi connectivity index (χ2v) is 7.29. The van der Waals surface area contributed by atoms with Crippen LogP contribution in [0.15, 0.2) is 55.1 Å². The molecule has 1 aliphatic heterocycles. The van der Waals surface area contributed by atoms with E-state index in [9.17, 15) is 9.59 Å². The number of rotatable bonds is 1. The Morgan fingerprint density at radius 2 is 1.84 bits per heavy atom. The molecular weight excluding hydrogens is 410 g/mol. The van der Waals surface area contributed by atoms with Gasteiger partial charge in [-0.1, -0.05) is 12.1 Å². The molecule has 0 spiro atoms. The molecule has 2 aromatic heterocycles. The molecule has 4 rings (SSSR count). The summed E-state index contributed by atoms with van der Waals surface area (Å²) in [5, 5.41) is 0. The molecule has 3 aromatic rings. The van der Waals surface area contributed by atoms with Gasteiger partial charge in [0.05, 0.1) is 17.8 Å². The van der Waals surface area contributed by atoms with Crippen molar-refractivity contribution in [2.24, 2.45) is 0 Å². The maximum Gasteiger partial charge on any atom is 0.259 e. The molecule has 1 aliphatic rings. The van der Waals surface area contributed by atoms with Crippen molar-refractivity contribution in [3.63, 3.8) is 0 Å². The van der Waals surface area contributed by atoms with E-state index in [0.717, 1.165) is 0 Å². The summed E-state index contributed by atoms with van der Waals surface area (Å²) in [5.41, 5.74) is 1.34. The highest BCUT2D eigenvalue weighted by Gasteiger charge is 2.23. The van der Waals surface area contributed by atoms with Gasteiger partial charge in [0.1, 0.15) is 18.5 Å². The minimum atomic E-state index is -0.252. The van der Waals surface area contributed by atoms with Gasteiger partial charge >= 0.3 is 0 Å². The Bertz CT molecular complexity index is 1140. The van der Waals surface area contributed by atoms with Crippen molar-refractivity contribution >= 4 is 11.8 Å². The summed E-state index contributed by atoms with van der Waals surface area (Å²) < 4.78 is 11.9. The number of amides is 2. The third-order valence-electron chi connectivity index (χ3n) is 5.16. The third-order valence-corrected chi connectivity index (χ3v) is 5.16. The second kappa shape index (κ2) is 9.42. The predicted molar refractivity (Wildman–Crippen MR) is 116 cm³/mol. The Morgan fingerprint density at radius 3 is 2.66 bits per heavy atom. The largest absolute Gasteiger partial charge is 0.488 e. The molecule has 0 radical (unpaired) electrons. The Labute approximate surface area is 185 Å². The van der Waals surface area contributed by atoms with Crippen LogP contribution in [0.25, 0.3) is 0 Å². The van der Waals surface area contributed by atoms with Crippen LogP contribution < -0.4 is 9.47 Å². The number of hydrogen-bond donors (Lipinski definition) is 0. The molecule has 0 aliphatic carbocycles. The zero-order chi connectivity index (χ0) is 22.5. The van der Waals surface area contributed by atoms with E-state index in [1.165, 1.54) is 12.5 Å². The summed E-state index contributed by atoms with van der Waals surface area (Å²) in [6.45, 7) is 2.95. The van der Waals surface area contributed by atoms with Crippen molar-refractivity contribution in [1.82, 2.24) is 24.8 Å². The molecule has 2 amide bonds. The van der Waals surface area contributed by atoms with Gasteiger partial charge in [0.2, 0.25) is 5.88 Å². The summed E-state index contributed by atoms with van der Waals surface area (Å²) in [5.74, 6) is 0.666. The van der Waals surface area contributed by atoms with Crippen LogP contribution in [0.1, 0.15) is 26.4 Å². The highest BCUT2D eigenvalue weighted by molar-refractivity contribution is 5.97. The van der Waals surface area contributed by atoms with Crippen molar-refractivity contribution in [3.8, 4) is 17.4 Å². The number of carbonyl (C=O) groups is 2. The lowest BCUT2D eigenvalue weighted by molar-refractivity contribution is 0.0668. The summed E-state index contributed by atoms with van der Waals surface area (Å²) >= 11 is 0. The first-order valence-corrected chi connectivity index (χ1v) is 10.2. The van der Waals surface area contributed by atoms with Gasteiger partial charge in [0, 0.05) is 32.5 Å². The van der Waals surface area contributed by atoms with Crippen molar-refractivity contribution in [2.75, 3.05) is 33.3 Å². The number of para-hydroxylation sites is 2. The highest BCUT2D eigenvalue weighted by atomic mass is 16.5.